The number of rotatable bonds is 6. The van der Waals surface area contributed by atoms with Crippen molar-refractivity contribution in [3.63, 3.8) is 0 Å². The standard InChI is InChI=1S/C15H18F4O2/c1-4-14(5-2,21-6-3)13(20)10-7-8-12(16)11(9-10)15(17,18)19/h7-9H,4-6H2,1-3H3. The van der Waals surface area contributed by atoms with Crippen LogP contribution in [-0.4, -0.2) is 18.0 Å². The second-order valence-corrected chi connectivity index (χ2v) is 4.66. The Morgan fingerprint density at radius 2 is 1.71 bits per heavy atom. The maximum atomic E-state index is 13.3. The highest BCUT2D eigenvalue weighted by Crippen LogP contribution is 2.33. The summed E-state index contributed by atoms with van der Waals surface area (Å²) in [6.45, 7) is 5.43. The van der Waals surface area contributed by atoms with Crippen LogP contribution in [0.5, 0.6) is 0 Å². The van der Waals surface area contributed by atoms with Crippen molar-refractivity contribution in [2.75, 3.05) is 6.61 Å². The molecule has 0 spiro atoms. The molecular formula is C15H18F4O2. The lowest BCUT2D eigenvalue weighted by Gasteiger charge is -2.30. The third-order valence-corrected chi connectivity index (χ3v) is 3.51. The highest BCUT2D eigenvalue weighted by Gasteiger charge is 2.39. The van der Waals surface area contributed by atoms with Gasteiger partial charge in [0, 0.05) is 12.2 Å². The number of alkyl halides is 3. The van der Waals surface area contributed by atoms with Gasteiger partial charge in [-0.2, -0.15) is 13.2 Å². The van der Waals surface area contributed by atoms with E-state index >= 15 is 0 Å². The van der Waals surface area contributed by atoms with Crippen LogP contribution in [0, 0.1) is 5.82 Å². The lowest BCUT2D eigenvalue weighted by Crippen LogP contribution is -2.40. The van der Waals surface area contributed by atoms with Crippen molar-refractivity contribution >= 4 is 5.78 Å². The van der Waals surface area contributed by atoms with Crippen molar-refractivity contribution in [2.45, 2.75) is 45.4 Å². The summed E-state index contributed by atoms with van der Waals surface area (Å²) >= 11 is 0. The van der Waals surface area contributed by atoms with Crippen LogP contribution in [0.15, 0.2) is 18.2 Å². The van der Waals surface area contributed by atoms with Gasteiger partial charge in [-0.3, -0.25) is 4.79 Å². The molecule has 0 N–H and O–H groups in total. The highest BCUT2D eigenvalue weighted by atomic mass is 19.4. The van der Waals surface area contributed by atoms with Crippen LogP contribution in [-0.2, 0) is 10.9 Å². The minimum Gasteiger partial charge on any atom is -0.367 e. The predicted molar refractivity (Wildman–Crippen MR) is 70.7 cm³/mol. The fourth-order valence-corrected chi connectivity index (χ4v) is 2.26. The van der Waals surface area contributed by atoms with Gasteiger partial charge >= 0.3 is 6.18 Å². The normalized spacial score (nSPS) is 12.5. The third kappa shape index (κ3) is 3.61. The Bertz CT molecular complexity index is 505. The maximum absolute atomic E-state index is 13.3. The number of carbonyl (C=O) groups is 1. The summed E-state index contributed by atoms with van der Waals surface area (Å²) in [6.07, 6.45) is -4.18. The van der Waals surface area contributed by atoms with Gasteiger partial charge in [0.25, 0.3) is 0 Å². The van der Waals surface area contributed by atoms with Crippen molar-refractivity contribution in [3.05, 3.63) is 35.1 Å². The Morgan fingerprint density at radius 3 is 2.14 bits per heavy atom. The van der Waals surface area contributed by atoms with Gasteiger partial charge in [0.1, 0.15) is 11.4 Å². The van der Waals surface area contributed by atoms with Crippen molar-refractivity contribution < 1.29 is 27.1 Å². The Hall–Kier alpha value is -1.43. The van der Waals surface area contributed by atoms with E-state index in [0.717, 1.165) is 6.07 Å². The van der Waals surface area contributed by atoms with E-state index in [2.05, 4.69) is 0 Å². The molecule has 1 aromatic rings. The lowest BCUT2D eigenvalue weighted by atomic mass is 9.87. The van der Waals surface area contributed by atoms with Crippen LogP contribution in [0.2, 0.25) is 0 Å². The Kier molecular flexibility index (Phi) is 5.50. The van der Waals surface area contributed by atoms with Gasteiger partial charge in [0.15, 0.2) is 5.78 Å². The number of hydrogen-bond donors (Lipinski definition) is 0. The van der Waals surface area contributed by atoms with Crippen molar-refractivity contribution in [1.29, 1.82) is 0 Å². The van der Waals surface area contributed by atoms with E-state index in [1.807, 2.05) is 0 Å². The van der Waals surface area contributed by atoms with E-state index in [1.54, 1.807) is 20.8 Å². The Balaban J connectivity index is 3.30. The molecule has 0 aliphatic heterocycles. The molecule has 118 valence electrons. The van der Waals surface area contributed by atoms with Gasteiger partial charge in [-0.15, -0.1) is 0 Å². The van der Waals surface area contributed by atoms with Crippen molar-refractivity contribution in [3.8, 4) is 0 Å². The number of Topliss-reactive ketones (excluding diaryl/α,β-unsaturated/α-hetero) is 1. The maximum Gasteiger partial charge on any atom is 0.419 e. The SMILES string of the molecule is CCOC(CC)(CC)C(=O)c1ccc(F)c(C(F)(F)F)c1. The molecule has 0 aromatic heterocycles. The molecule has 0 saturated carbocycles. The van der Waals surface area contributed by atoms with Gasteiger partial charge in [0.2, 0.25) is 0 Å². The zero-order valence-electron chi connectivity index (χ0n) is 12.2. The van der Waals surface area contributed by atoms with Crippen LogP contribution < -0.4 is 0 Å². The molecule has 6 heteroatoms. The minimum atomic E-state index is -4.84. The van der Waals surface area contributed by atoms with E-state index in [4.69, 9.17) is 4.74 Å². The first-order valence-electron chi connectivity index (χ1n) is 6.77. The molecule has 1 rings (SSSR count). The van der Waals surface area contributed by atoms with Crippen LogP contribution in [0.3, 0.4) is 0 Å². The molecule has 0 bridgehead atoms. The van der Waals surface area contributed by atoms with Crippen LogP contribution >= 0.6 is 0 Å². The number of ether oxygens (including phenoxy) is 1. The molecule has 0 heterocycles. The van der Waals surface area contributed by atoms with Gasteiger partial charge in [-0.1, -0.05) is 13.8 Å². The monoisotopic (exact) mass is 306 g/mol. The second-order valence-electron chi connectivity index (χ2n) is 4.66. The fraction of sp³-hybridized carbons (Fsp3) is 0.533. The highest BCUT2D eigenvalue weighted by molar-refractivity contribution is 6.02. The van der Waals surface area contributed by atoms with E-state index in [-0.39, 0.29) is 12.2 Å². The first kappa shape index (κ1) is 17.6. The summed E-state index contributed by atoms with van der Waals surface area (Å²) in [4.78, 5) is 12.5. The summed E-state index contributed by atoms with van der Waals surface area (Å²) in [5, 5.41) is 0. The van der Waals surface area contributed by atoms with E-state index in [0.29, 0.717) is 25.0 Å². The molecular weight excluding hydrogens is 288 g/mol. The predicted octanol–water partition coefficient (Wildman–Crippen LogP) is 4.62. The van der Waals surface area contributed by atoms with E-state index < -0.39 is 28.9 Å². The molecule has 0 amide bonds. The molecule has 0 unspecified atom stereocenters. The molecule has 0 fully saturated rings. The topological polar surface area (TPSA) is 26.3 Å². The summed E-state index contributed by atoms with van der Waals surface area (Å²) < 4.78 is 56.9. The van der Waals surface area contributed by atoms with Crippen molar-refractivity contribution in [2.24, 2.45) is 0 Å². The first-order chi connectivity index (χ1) is 9.71. The molecule has 0 aliphatic rings. The van der Waals surface area contributed by atoms with Gasteiger partial charge < -0.3 is 4.74 Å². The number of ketones is 1. The summed E-state index contributed by atoms with van der Waals surface area (Å²) in [5.41, 5.74) is -2.80. The largest absolute Gasteiger partial charge is 0.419 e. The van der Waals surface area contributed by atoms with Gasteiger partial charge in [0.05, 0.1) is 5.56 Å². The van der Waals surface area contributed by atoms with Crippen LogP contribution in [0.25, 0.3) is 0 Å². The summed E-state index contributed by atoms with van der Waals surface area (Å²) in [5.74, 6) is -1.95. The second kappa shape index (κ2) is 6.56. The van der Waals surface area contributed by atoms with Gasteiger partial charge in [-0.25, -0.2) is 4.39 Å². The lowest BCUT2D eigenvalue weighted by molar-refractivity contribution is -0.140. The number of halogens is 4. The third-order valence-electron chi connectivity index (χ3n) is 3.51. The first-order valence-corrected chi connectivity index (χ1v) is 6.77. The number of carbonyl (C=O) groups excluding carboxylic acids is 1. The van der Waals surface area contributed by atoms with Crippen LogP contribution in [0.4, 0.5) is 17.6 Å². The average molecular weight is 306 g/mol. The average Bonchev–Trinajstić information content (AvgIpc) is 2.43. The summed E-state index contributed by atoms with van der Waals surface area (Å²) in [7, 11) is 0. The van der Waals surface area contributed by atoms with Crippen molar-refractivity contribution in [1.82, 2.24) is 0 Å². The molecule has 2 nitrogen and oxygen atoms in total. The fourth-order valence-electron chi connectivity index (χ4n) is 2.26. The van der Waals surface area contributed by atoms with E-state index in [9.17, 15) is 22.4 Å². The van der Waals surface area contributed by atoms with Crippen LogP contribution in [0.1, 0.15) is 49.5 Å². The summed E-state index contributed by atoms with van der Waals surface area (Å²) in [6, 6.07) is 2.28. The quantitative estimate of drug-likeness (QED) is 0.566. The van der Waals surface area contributed by atoms with Gasteiger partial charge in [-0.05, 0) is 38.0 Å². The minimum absolute atomic E-state index is 0.194. The molecule has 21 heavy (non-hydrogen) atoms. The van der Waals surface area contributed by atoms with E-state index in [1.165, 1.54) is 0 Å². The zero-order valence-corrected chi connectivity index (χ0v) is 12.2. The smallest absolute Gasteiger partial charge is 0.367 e. The zero-order chi connectivity index (χ0) is 16.3. The molecule has 0 aliphatic carbocycles. The number of benzene rings is 1. The molecule has 1 aromatic carbocycles. The number of hydrogen-bond acceptors (Lipinski definition) is 2. The molecule has 0 saturated heterocycles. The Labute approximate surface area is 121 Å². The Morgan fingerprint density at radius 1 is 1.14 bits per heavy atom. The molecule has 0 atom stereocenters. The molecule has 0 radical (unpaired) electrons.